The Morgan fingerprint density at radius 3 is 2.33 bits per heavy atom. The van der Waals surface area contributed by atoms with Crippen LogP contribution in [0.15, 0.2) is 6.07 Å². The van der Waals surface area contributed by atoms with Gasteiger partial charge in [-0.25, -0.2) is 0 Å². The van der Waals surface area contributed by atoms with Gasteiger partial charge in [0.2, 0.25) is 0 Å². The molecule has 0 aliphatic carbocycles. The Balaban J connectivity index is 2.70. The van der Waals surface area contributed by atoms with E-state index < -0.39 is 0 Å². The molecule has 2 heteroatoms. The van der Waals surface area contributed by atoms with Gasteiger partial charge in [0.15, 0.2) is 0 Å². The number of aromatic nitrogens is 1. The third-order valence-electron chi connectivity index (χ3n) is 3.52. The molecule has 0 saturated carbocycles. The maximum atomic E-state index is 3.59. The lowest BCUT2D eigenvalue weighted by Gasteiger charge is -2.24. The Morgan fingerprint density at radius 2 is 1.93 bits per heavy atom. The molecule has 0 amide bonds. The minimum atomic E-state index is 0.232. The molecule has 0 bridgehead atoms. The zero-order chi connectivity index (χ0) is 11.6. The van der Waals surface area contributed by atoms with Crippen molar-refractivity contribution in [2.45, 2.75) is 53.1 Å². The van der Waals surface area contributed by atoms with Crippen LogP contribution in [-0.4, -0.2) is 10.1 Å². The second-order valence-electron chi connectivity index (χ2n) is 5.05. The molecule has 0 aliphatic heterocycles. The summed E-state index contributed by atoms with van der Waals surface area (Å²) in [5.74, 6) is 0. The summed E-state index contributed by atoms with van der Waals surface area (Å²) in [5, 5.41) is 3.59. The molecule has 0 saturated heterocycles. The van der Waals surface area contributed by atoms with Crippen LogP contribution in [0.3, 0.4) is 0 Å². The highest BCUT2D eigenvalue weighted by molar-refractivity contribution is 5.26. The summed E-state index contributed by atoms with van der Waals surface area (Å²) in [6, 6.07) is 2.27. The number of aryl methyl sites for hydroxylation is 1. The highest BCUT2D eigenvalue weighted by atomic mass is 15.0. The van der Waals surface area contributed by atoms with Crippen molar-refractivity contribution in [1.29, 1.82) is 0 Å². The maximum Gasteiger partial charge on any atom is 0.0228 e. The van der Waals surface area contributed by atoms with Crippen LogP contribution in [0, 0.1) is 13.8 Å². The van der Waals surface area contributed by atoms with Gasteiger partial charge in [0.25, 0.3) is 0 Å². The van der Waals surface area contributed by atoms with E-state index in [4.69, 9.17) is 0 Å². The molecule has 0 atom stereocenters. The predicted octanol–water partition coefficient (Wildman–Crippen LogP) is 2.92. The fraction of sp³-hybridized carbons (Fsp3) is 0.692. The molecule has 1 aromatic heterocycles. The van der Waals surface area contributed by atoms with E-state index in [9.17, 15) is 0 Å². The van der Waals surface area contributed by atoms with Crippen LogP contribution in [0.1, 0.15) is 44.1 Å². The van der Waals surface area contributed by atoms with Gasteiger partial charge in [0.1, 0.15) is 0 Å². The van der Waals surface area contributed by atoms with Gasteiger partial charge in [-0.2, -0.15) is 0 Å². The molecule has 1 heterocycles. The van der Waals surface area contributed by atoms with E-state index in [1.54, 1.807) is 0 Å². The van der Waals surface area contributed by atoms with E-state index in [-0.39, 0.29) is 5.54 Å². The van der Waals surface area contributed by atoms with Gasteiger partial charge in [-0.1, -0.05) is 6.92 Å². The molecule has 2 nitrogen and oxygen atoms in total. The van der Waals surface area contributed by atoms with Crippen LogP contribution in [-0.2, 0) is 13.6 Å². The van der Waals surface area contributed by atoms with E-state index in [0.717, 1.165) is 13.0 Å². The first-order valence-corrected chi connectivity index (χ1v) is 5.74. The van der Waals surface area contributed by atoms with Crippen LogP contribution in [0.25, 0.3) is 0 Å². The summed E-state index contributed by atoms with van der Waals surface area (Å²) >= 11 is 0. The quantitative estimate of drug-likeness (QED) is 0.805. The molecule has 0 aliphatic rings. The molecule has 0 unspecified atom stereocenters. The summed E-state index contributed by atoms with van der Waals surface area (Å²) in [7, 11) is 2.12. The Morgan fingerprint density at radius 1 is 1.33 bits per heavy atom. The van der Waals surface area contributed by atoms with Crippen molar-refractivity contribution in [3.05, 3.63) is 23.0 Å². The van der Waals surface area contributed by atoms with Crippen LogP contribution in [0.2, 0.25) is 0 Å². The van der Waals surface area contributed by atoms with E-state index in [0.29, 0.717) is 0 Å². The van der Waals surface area contributed by atoms with Crippen molar-refractivity contribution in [1.82, 2.24) is 9.88 Å². The normalized spacial score (nSPS) is 12.1. The van der Waals surface area contributed by atoms with Gasteiger partial charge in [-0.3, -0.25) is 0 Å². The number of hydrogen-bond acceptors (Lipinski definition) is 1. The average Bonchev–Trinajstić information content (AvgIpc) is 2.43. The summed E-state index contributed by atoms with van der Waals surface area (Å²) in [6.45, 7) is 12.0. The molecule has 0 radical (unpaired) electrons. The van der Waals surface area contributed by atoms with Gasteiger partial charge < -0.3 is 9.88 Å². The van der Waals surface area contributed by atoms with E-state index in [1.165, 1.54) is 17.0 Å². The first-order valence-electron chi connectivity index (χ1n) is 5.74. The van der Waals surface area contributed by atoms with Crippen LogP contribution >= 0.6 is 0 Å². The molecule has 0 spiro atoms. The molecule has 0 aromatic carbocycles. The smallest absolute Gasteiger partial charge is 0.0228 e. The fourth-order valence-electron chi connectivity index (χ4n) is 1.57. The van der Waals surface area contributed by atoms with Crippen molar-refractivity contribution in [3.63, 3.8) is 0 Å². The topological polar surface area (TPSA) is 17.0 Å². The van der Waals surface area contributed by atoms with Crippen LogP contribution < -0.4 is 5.32 Å². The molecule has 15 heavy (non-hydrogen) atoms. The highest BCUT2D eigenvalue weighted by Gasteiger charge is 2.15. The number of nitrogens with zero attached hydrogens (tertiary/aromatic N) is 1. The third-order valence-corrected chi connectivity index (χ3v) is 3.52. The standard InChI is InChI=1S/C13H24N2/c1-7-13(4,5)14-9-12-8-10(2)15(6)11(12)3/h8,14H,7,9H2,1-6H3. The Bertz CT molecular complexity index is 335. The van der Waals surface area contributed by atoms with Gasteiger partial charge in [0.05, 0.1) is 0 Å². The lowest BCUT2D eigenvalue weighted by molar-refractivity contribution is 0.374. The Labute approximate surface area is 93.7 Å². The fourth-order valence-corrected chi connectivity index (χ4v) is 1.57. The molecular weight excluding hydrogens is 184 g/mol. The summed E-state index contributed by atoms with van der Waals surface area (Å²) in [6.07, 6.45) is 1.15. The minimum Gasteiger partial charge on any atom is -0.352 e. The number of rotatable bonds is 4. The molecule has 0 fully saturated rings. The Kier molecular flexibility index (Phi) is 3.61. The molecular formula is C13H24N2. The van der Waals surface area contributed by atoms with E-state index in [2.05, 4.69) is 57.6 Å². The van der Waals surface area contributed by atoms with Crippen molar-refractivity contribution in [3.8, 4) is 0 Å². The van der Waals surface area contributed by atoms with Crippen molar-refractivity contribution in [2.24, 2.45) is 7.05 Å². The van der Waals surface area contributed by atoms with E-state index in [1.807, 2.05) is 0 Å². The lowest BCUT2D eigenvalue weighted by atomic mass is 10.0. The van der Waals surface area contributed by atoms with Crippen molar-refractivity contribution >= 4 is 0 Å². The summed E-state index contributed by atoms with van der Waals surface area (Å²) in [4.78, 5) is 0. The van der Waals surface area contributed by atoms with Crippen LogP contribution in [0.4, 0.5) is 0 Å². The molecule has 1 rings (SSSR count). The van der Waals surface area contributed by atoms with E-state index >= 15 is 0 Å². The SMILES string of the molecule is CCC(C)(C)NCc1cc(C)n(C)c1C. The number of hydrogen-bond donors (Lipinski definition) is 1. The van der Waals surface area contributed by atoms with Crippen molar-refractivity contribution in [2.75, 3.05) is 0 Å². The molecule has 1 aromatic rings. The number of nitrogens with one attached hydrogen (secondary N) is 1. The first kappa shape index (κ1) is 12.3. The summed E-state index contributed by atoms with van der Waals surface area (Å²) in [5.41, 5.74) is 4.35. The van der Waals surface area contributed by atoms with Gasteiger partial charge in [0, 0.05) is 30.5 Å². The van der Waals surface area contributed by atoms with Crippen molar-refractivity contribution < 1.29 is 0 Å². The second kappa shape index (κ2) is 4.40. The monoisotopic (exact) mass is 208 g/mol. The zero-order valence-electron chi connectivity index (χ0n) is 10.9. The second-order valence-corrected chi connectivity index (χ2v) is 5.05. The van der Waals surface area contributed by atoms with Crippen LogP contribution in [0.5, 0.6) is 0 Å². The first-order chi connectivity index (χ1) is 6.87. The largest absolute Gasteiger partial charge is 0.352 e. The molecule has 1 N–H and O–H groups in total. The molecule has 86 valence electrons. The zero-order valence-corrected chi connectivity index (χ0v) is 10.9. The maximum absolute atomic E-state index is 3.59. The Hall–Kier alpha value is -0.760. The van der Waals surface area contributed by atoms with Gasteiger partial charge in [-0.15, -0.1) is 0 Å². The van der Waals surface area contributed by atoms with Gasteiger partial charge in [-0.05, 0) is 45.7 Å². The average molecular weight is 208 g/mol. The highest BCUT2D eigenvalue weighted by Crippen LogP contribution is 2.15. The summed E-state index contributed by atoms with van der Waals surface area (Å²) < 4.78 is 2.25. The lowest BCUT2D eigenvalue weighted by Crippen LogP contribution is -2.37. The predicted molar refractivity (Wildman–Crippen MR) is 66.1 cm³/mol. The van der Waals surface area contributed by atoms with Gasteiger partial charge >= 0.3 is 0 Å². The minimum absolute atomic E-state index is 0.232. The third kappa shape index (κ3) is 2.85.